The van der Waals surface area contributed by atoms with E-state index in [2.05, 4.69) is 4.98 Å². The highest BCUT2D eigenvalue weighted by Crippen LogP contribution is 2.24. The molecule has 1 atom stereocenters. The molecule has 0 saturated heterocycles. The molecule has 1 rings (SSSR count). The number of hydrogen-bond acceptors (Lipinski definition) is 5. The monoisotopic (exact) mass is 216 g/mol. The summed E-state index contributed by atoms with van der Waals surface area (Å²) in [6.07, 6.45) is 1.44. The first kappa shape index (κ1) is 10.6. The maximum Gasteiger partial charge on any atom is 0.331 e. The van der Waals surface area contributed by atoms with Crippen molar-refractivity contribution in [1.82, 2.24) is 4.98 Å². The summed E-state index contributed by atoms with van der Waals surface area (Å²) in [7, 11) is -0.000554. The van der Waals surface area contributed by atoms with E-state index in [0.29, 0.717) is 0 Å². The van der Waals surface area contributed by atoms with Crippen LogP contribution in [0.2, 0.25) is 0 Å². The predicted molar refractivity (Wildman–Crippen MR) is 49.8 cm³/mol. The number of methoxy groups -OCH3 is 1. The lowest BCUT2D eigenvalue weighted by Gasteiger charge is -2.01. The predicted octanol–water partition coefficient (Wildman–Crippen LogP) is 0.736. The summed E-state index contributed by atoms with van der Waals surface area (Å²) >= 11 is 0. The van der Waals surface area contributed by atoms with E-state index in [1.165, 1.54) is 25.5 Å². The molecular weight excluding hydrogens is 208 g/mol. The number of pyridine rings is 1. The molecular formula is C7H8N2O4S. The Labute approximate surface area is 82.5 Å². The van der Waals surface area contributed by atoms with Gasteiger partial charge in [-0.25, -0.2) is 0 Å². The van der Waals surface area contributed by atoms with Crippen molar-refractivity contribution in [2.75, 3.05) is 13.4 Å². The molecule has 0 amide bonds. The molecule has 76 valence electrons. The second-order valence-electron chi connectivity index (χ2n) is 2.39. The van der Waals surface area contributed by atoms with Gasteiger partial charge in [0.1, 0.15) is 5.03 Å². The average Bonchev–Trinajstić information content (AvgIpc) is 2.16. The van der Waals surface area contributed by atoms with Crippen LogP contribution in [0, 0.1) is 10.1 Å². The van der Waals surface area contributed by atoms with E-state index in [0.717, 1.165) is 0 Å². The third-order valence-electron chi connectivity index (χ3n) is 1.50. The van der Waals surface area contributed by atoms with Gasteiger partial charge in [0.2, 0.25) is 0 Å². The minimum atomic E-state index is -1.28. The summed E-state index contributed by atoms with van der Waals surface area (Å²) in [5.41, 5.74) is -0.235. The van der Waals surface area contributed by atoms with Gasteiger partial charge in [-0.05, 0) is 6.07 Å². The molecule has 1 heterocycles. The summed E-state index contributed by atoms with van der Waals surface area (Å²) in [4.78, 5) is 13.6. The van der Waals surface area contributed by atoms with Gasteiger partial charge < -0.3 is 4.74 Å². The Morgan fingerprint density at radius 1 is 1.57 bits per heavy atom. The molecule has 0 saturated carbocycles. The highest BCUT2D eigenvalue weighted by Gasteiger charge is 2.17. The lowest BCUT2D eigenvalue weighted by Crippen LogP contribution is -1.99. The number of nitro groups is 1. The van der Waals surface area contributed by atoms with Crippen LogP contribution in [0.5, 0.6) is 5.88 Å². The standard InChI is InChI=1S/C7H8N2O4S/c1-13-7-5(9(10)11)3-4-6(8-7)14(2)12/h3-4H,1-2H3. The quantitative estimate of drug-likeness (QED) is 0.549. The first-order chi connectivity index (χ1) is 6.56. The van der Waals surface area contributed by atoms with E-state index in [1.54, 1.807) is 0 Å². The zero-order chi connectivity index (χ0) is 10.7. The number of rotatable bonds is 3. The van der Waals surface area contributed by atoms with E-state index in [-0.39, 0.29) is 16.6 Å². The zero-order valence-electron chi connectivity index (χ0n) is 7.59. The smallest absolute Gasteiger partial charge is 0.331 e. The van der Waals surface area contributed by atoms with Gasteiger partial charge in [-0.15, -0.1) is 0 Å². The van der Waals surface area contributed by atoms with E-state index in [9.17, 15) is 14.3 Å². The van der Waals surface area contributed by atoms with Gasteiger partial charge in [-0.1, -0.05) is 0 Å². The average molecular weight is 216 g/mol. The molecule has 0 radical (unpaired) electrons. The van der Waals surface area contributed by atoms with Crippen molar-refractivity contribution in [3.05, 3.63) is 22.2 Å². The number of ether oxygens (including phenoxy) is 1. The van der Waals surface area contributed by atoms with E-state index in [4.69, 9.17) is 4.74 Å². The molecule has 1 aromatic rings. The van der Waals surface area contributed by atoms with Crippen LogP contribution in [0.3, 0.4) is 0 Å². The summed E-state index contributed by atoms with van der Waals surface area (Å²) in [6, 6.07) is 2.57. The number of hydrogen-bond donors (Lipinski definition) is 0. The fourth-order valence-electron chi connectivity index (χ4n) is 0.865. The van der Waals surface area contributed by atoms with Crippen molar-refractivity contribution in [2.24, 2.45) is 0 Å². The first-order valence-corrected chi connectivity index (χ1v) is 5.15. The molecule has 6 nitrogen and oxygen atoms in total. The van der Waals surface area contributed by atoms with Gasteiger partial charge in [0, 0.05) is 12.3 Å². The summed E-state index contributed by atoms with van der Waals surface area (Å²) < 4.78 is 15.7. The second-order valence-corrected chi connectivity index (χ2v) is 3.72. The molecule has 0 bridgehead atoms. The Kier molecular flexibility index (Phi) is 3.13. The van der Waals surface area contributed by atoms with Gasteiger partial charge in [0.15, 0.2) is 0 Å². The number of aromatic nitrogens is 1. The summed E-state index contributed by atoms with van der Waals surface area (Å²) in [6.45, 7) is 0. The minimum Gasteiger partial charge on any atom is -0.476 e. The van der Waals surface area contributed by atoms with Crippen molar-refractivity contribution < 1.29 is 13.9 Å². The first-order valence-electron chi connectivity index (χ1n) is 3.59. The highest BCUT2D eigenvalue weighted by molar-refractivity contribution is 7.84. The second kappa shape index (κ2) is 4.14. The fourth-order valence-corrected chi connectivity index (χ4v) is 1.34. The van der Waals surface area contributed by atoms with Gasteiger partial charge >= 0.3 is 5.69 Å². The Hall–Kier alpha value is -1.50. The molecule has 0 aliphatic heterocycles. The van der Waals surface area contributed by atoms with Crippen molar-refractivity contribution in [1.29, 1.82) is 0 Å². The Bertz CT molecular complexity index is 393. The van der Waals surface area contributed by atoms with Crippen molar-refractivity contribution in [3.63, 3.8) is 0 Å². The van der Waals surface area contributed by atoms with Crippen molar-refractivity contribution in [3.8, 4) is 5.88 Å². The third kappa shape index (κ3) is 2.05. The van der Waals surface area contributed by atoms with Gasteiger partial charge in [-0.2, -0.15) is 4.98 Å². The molecule has 0 fully saturated rings. The zero-order valence-corrected chi connectivity index (χ0v) is 8.41. The summed E-state index contributed by atoms with van der Waals surface area (Å²) in [5.74, 6) is -0.122. The Morgan fingerprint density at radius 3 is 2.64 bits per heavy atom. The van der Waals surface area contributed by atoms with Gasteiger partial charge in [0.25, 0.3) is 5.88 Å². The van der Waals surface area contributed by atoms with Gasteiger partial charge in [0.05, 0.1) is 22.8 Å². The van der Waals surface area contributed by atoms with Crippen LogP contribution in [0.25, 0.3) is 0 Å². The summed E-state index contributed by atoms with van der Waals surface area (Å²) in [5, 5.41) is 10.7. The van der Waals surface area contributed by atoms with E-state index in [1.807, 2.05) is 0 Å². The molecule has 0 N–H and O–H groups in total. The van der Waals surface area contributed by atoms with Crippen molar-refractivity contribution >= 4 is 16.5 Å². The van der Waals surface area contributed by atoms with Crippen LogP contribution >= 0.6 is 0 Å². The van der Waals surface area contributed by atoms with Crippen LogP contribution in [-0.2, 0) is 10.8 Å². The highest BCUT2D eigenvalue weighted by atomic mass is 32.2. The minimum absolute atomic E-state index is 0.122. The molecule has 0 aliphatic carbocycles. The maximum absolute atomic E-state index is 11.0. The molecule has 0 spiro atoms. The van der Waals surface area contributed by atoms with E-state index < -0.39 is 15.7 Å². The lowest BCUT2D eigenvalue weighted by atomic mass is 10.4. The SMILES string of the molecule is COc1nc(S(C)=O)ccc1[N+](=O)[O-]. The third-order valence-corrected chi connectivity index (χ3v) is 2.32. The topological polar surface area (TPSA) is 82.3 Å². The Morgan fingerprint density at radius 2 is 2.21 bits per heavy atom. The largest absolute Gasteiger partial charge is 0.476 e. The molecule has 1 unspecified atom stereocenters. The Balaban J connectivity index is 3.25. The molecule has 1 aromatic heterocycles. The molecule has 0 aromatic carbocycles. The molecule has 14 heavy (non-hydrogen) atoms. The normalized spacial score (nSPS) is 12.1. The maximum atomic E-state index is 11.0. The molecule has 7 heteroatoms. The number of nitrogens with zero attached hydrogens (tertiary/aromatic N) is 2. The molecule has 0 aliphatic rings. The van der Waals surface area contributed by atoms with Crippen LogP contribution in [0.4, 0.5) is 5.69 Å². The fraction of sp³-hybridized carbons (Fsp3) is 0.286. The van der Waals surface area contributed by atoms with Crippen molar-refractivity contribution in [2.45, 2.75) is 5.03 Å². The van der Waals surface area contributed by atoms with Crippen LogP contribution in [0.1, 0.15) is 0 Å². The lowest BCUT2D eigenvalue weighted by molar-refractivity contribution is -0.386. The van der Waals surface area contributed by atoms with Crippen LogP contribution in [0.15, 0.2) is 17.2 Å². The van der Waals surface area contributed by atoms with E-state index >= 15 is 0 Å². The van der Waals surface area contributed by atoms with Crippen LogP contribution < -0.4 is 4.74 Å². The van der Waals surface area contributed by atoms with Gasteiger partial charge in [-0.3, -0.25) is 14.3 Å². The van der Waals surface area contributed by atoms with Crippen LogP contribution in [-0.4, -0.2) is 27.5 Å².